The standard InChI is InChI=1S/C17H21BrN2O/c1-13(2)19-9-14-7-8-16(20-10-14)12-21-11-15-5-3-4-6-17(15)18/h3-8,10,13,19H,9,11-12H2,1-2H3. The van der Waals surface area contributed by atoms with E-state index in [0.717, 1.165) is 22.3 Å². The first kappa shape index (κ1) is 16.1. The Morgan fingerprint density at radius 1 is 1.14 bits per heavy atom. The van der Waals surface area contributed by atoms with Crippen LogP contribution >= 0.6 is 15.9 Å². The van der Waals surface area contributed by atoms with E-state index in [1.807, 2.05) is 30.5 Å². The third kappa shape index (κ3) is 5.58. The van der Waals surface area contributed by atoms with Gasteiger partial charge in [-0.25, -0.2) is 0 Å². The summed E-state index contributed by atoms with van der Waals surface area (Å²) in [6.45, 7) is 6.23. The van der Waals surface area contributed by atoms with E-state index in [2.05, 4.69) is 52.2 Å². The van der Waals surface area contributed by atoms with Gasteiger partial charge >= 0.3 is 0 Å². The molecule has 0 radical (unpaired) electrons. The highest BCUT2D eigenvalue weighted by Crippen LogP contribution is 2.17. The maximum Gasteiger partial charge on any atom is 0.0892 e. The molecule has 0 amide bonds. The van der Waals surface area contributed by atoms with Gasteiger partial charge in [-0.15, -0.1) is 0 Å². The van der Waals surface area contributed by atoms with Gasteiger partial charge in [-0.2, -0.15) is 0 Å². The molecule has 0 saturated carbocycles. The second-order valence-electron chi connectivity index (χ2n) is 5.28. The van der Waals surface area contributed by atoms with Crippen molar-refractivity contribution in [2.75, 3.05) is 0 Å². The van der Waals surface area contributed by atoms with E-state index < -0.39 is 0 Å². The number of nitrogens with one attached hydrogen (secondary N) is 1. The van der Waals surface area contributed by atoms with Crippen molar-refractivity contribution in [3.63, 3.8) is 0 Å². The fraction of sp³-hybridized carbons (Fsp3) is 0.353. The summed E-state index contributed by atoms with van der Waals surface area (Å²) >= 11 is 3.52. The molecule has 0 spiro atoms. The molecular formula is C17H21BrN2O. The molecule has 1 heterocycles. The molecule has 0 aliphatic carbocycles. The minimum atomic E-state index is 0.484. The maximum atomic E-state index is 5.72. The van der Waals surface area contributed by atoms with Crippen LogP contribution in [0.25, 0.3) is 0 Å². The highest BCUT2D eigenvalue weighted by molar-refractivity contribution is 9.10. The SMILES string of the molecule is CC(C)NCc1ccc(COCc2ccccc2Br)nc1. The van der Waals surface area contributed by atoms with Gasteiger partial charge in [-0.05, 0) is 23.3 Å². The van der Waals surface area contributed by atoms with Crippen molar-refractivity contribution in [1.82, 2.24) is 10.3 Å². The van der Waals surface area contributed by atoms with Crippen molar-refractivity contribution in [2.45, 2.75) is 39.6 Å². The molecule has 0 aliphatic rings. The van der Waals surface area contributed by atoms with E-state index in [4.69, 9.17) is 4.74 Å². The van der Waals surface area contributed by atoms with Crippen molar-refractivity contribution >= 4 is 15.9 Å². The third-order valence-electron chi connectivity index (χ3n) is 3.07. The molecule has 0 unspecified atom stereocenters. The van der Waals surface area contributed by atoms with Crippen LogP contribution in [-0.4, -0.2) is 11.0 Å². The number of hydrogen-bond acceptors (Lipinski definition) is 3. The van der Waals surface area contributed by atoms with Crippen LogP contribution in [0.1, 0.15) is 30.7 Å². The Morgan fingerprint density at radius 2 is 1.95 bits per heavy atom. The van der Waals surface area contributed by atoms with Crippen LogP contribution in [0.4, 0.5) is 0 Å². The number of halogens is 1. The summed E-state index contributed by atoms with van der Waals surface area (Å²) in [4.78, 5) is 4.43. The smallest absolute Gasteiger partial charge is 0.0892 e. The zero-order valence-electron chi connectivity index (χ0n) is 12.5. The monoisotopic (exact) mass is 348 g/mol. The van der Waals surface area contributed by atoms with Gasteiger partial charge in [0.05, 0.1) is 18.9 Å². The van der Waals surface area contributed by atoms with Crippen LogP contribution in [0.5, 0.6) is 0 Å². The number of pyridine rings is 1. The molecule has 3 nitrogen and oxygen atoms in total. The van der Waals surface area contributed by atoms with Gasteiger partial charge in [0.25, 0.3) is 0 Å². The Balaban J connectivity index is 1.80. The molecule has 0 aliphatic heterocycles. The molecular weight excluding hydrogens is 328 g/mol. The lowest BCUT2D eigenvalue weighted by Gasteiger charge is -2.09. The highest BCUT2D eigenvalue weighted by atomic mass is 79.9. The van der Waals surface area contributed by atoms with Crippen molar-refractivity contribution < 1.29 is 4.74 Å². The number of aromatic nitrogens is 1. The normalized spacial score (nSPS) is 11.0. The summed E-state index contributed by atoms with van der Waals surface area (Å²) in [6.07, 6.45) is 1.91. The summed E-state index contributed by atoms with van der Waals surface area (Å²) in [5.41, 5.74) is 3.30. The molecule has 1 aromatic carbocycles. The Morgan fingerprint density at radius 3 is 2.62 bits per heavy atom. The van der Waals surface area contributed by atoms with Gasteiger partial charge in [-0.3, -0.25) is 4.98 Å². The number of ether oxygens (including phenoxy) is 1. The first-order valence-electron chi connectivity index (χ1n) is 7.13. The van der Waals surface area contributed by atoms with E-state index in [-0.39, 0.29) is 0 Å². The molecule has 0 bridgehead atoms. The quantitative estimate of drug-likeness (QED) is 0.819. The Labute approximate surface area is 134 Å². The highest BCUT2D eigenvalue weighted by Gasteiger charge is 2.01. The van der Waals surface area contributed by atoms with E-state index in [1.54, 1.807) is 0 Å². The number of rotatable bonds is 7. The van der Waals surface area contributed by atoms with Crippen LogP contribution in [0, 0.1) is 0 Å². The molecule has 1 N–H and O–H groups in total. The van der Waals surface area contributed by atoms with E-state index in [0.29, 0.717) is 19.3 Å². The fourth-order valence-corrected chi connectivity index (χ4v) is 2.25. The number of hydrogen-bond donors (Lipinski definition) is 1. The molecule has 21 heavy (non-hydrogen) atoms. The topological polar surface area (TPSA) is 34.1 Å². The summed E-state index contributed by atoms with van der Waals surface area (Å²) in [5.74, 6) is 0. The second kappa shape index (κ2) is 8.27. The van der Waals surface area contributed by atoms with Crippen molar-refractivity contribution in [1.29, 1.82) is 0 Å². The van der Waals surface area contributed by atoms with Gasteiger partial charge in [0.15, 0.2) is 0 Å². The van der Waals surface area contributed by atoms with Crippen molar-refractivity contribution in [3.05, 3.63) is 63.9 Å². The van der Waals surface area contributed by atoms with Gasteiger partial charge < -0.3 is 10.1 Å². The zero-order valence-corrected chi connectivity index (χ0v) is 14.1. The van der Waals surface area contributed by atoms with Crippen LogP contribution in [-0.2, 0) is 24.5 Å². The van der Waals surface area contributed by atoms with Gasteiger partial charge in [0, 0.05) is 23.3 Å². The summed E-state index contributed by atoms with van der Waals surface area (Å²) < 4.78 is 6.79. The van der Waals surface area contributed by atoms with Crippen LogP contribution < -0.4 is 5.32 Å². The Bertz CT molecular complexity index is 555. The van der Waals surface area contributed by atoms with E-state index >= 15 is 0 Å². The average Bonchev–Trinajstić information content (AvgIpc) is 2.48. The van der Waals surface area contributed by atoms with Crippen molar-refractivity contribution in [3.8, 4) is 0 Å². The molecule has 0 fully saturated rings. The summed E-state index contributed by atoms with van der Waals surface area (Å²) in [5, 5.41) is 3.38. The van der Waals surface area contributed by atoms with Crippen LogP contribution in [0.15, 0.2) is 47.1 Å². The zero-order chi connectivity index (χ0) is 15.1. The average molecular weight is 349 g/mol. The first-order chi connectivity index (χ1) is 10.1. The number of benzene rings is 1. The predicted molar refractivity (Wildman–Crippen MR) is 88.8 cm³/mol. The lowest BCUT2D eigenvalue weighted by atomic mass is 10.2. The maximum absolute atomic E-state index is 5.72. The summed E-state index contributed by atoms with van der Waals surface area (Å²) in [7, 11) is 0. The Kier molecular flexibility index (Phi) is 6.36. The fourth-order valence-electron chi connectivity index (χ4n) is 1.85. The third-order valence-corrected chi connectivity index (χ3v) is 3.84. The number of nitrogens with zero attached hydrogens (tertiary/aromatic N) is 1. The van der Waals surface area contributed by atoms with Gasteiger partial charge in [0.2, 0.25) is 0 Å². The summed E-state index contributed by atoms with van der Waals surface area (Å²) in [6, 6.07) is 12.7. The van der Waals surface area contributed by atoms with E-state index in [9.17, 15) is 0 Å². The van der Waals surface area contributed by atoms with E-state index in [1.165, 1.54) is 5.56 Å². The lowest BCUT2D eigenvalue weighted by Crippen LogP contribution is -2.21. The largest absolute Gasteiger partial charge is 0.370 e. The van der Waals surface area contributed by atoms with Crippen LogP contribution in [0.2, 0.25) is 0 Å². The van der Waals surface area contributed by atoms with Gasteiger partial charge in [-0.1, -0.05) is 54.0 Å². The van der Waals surface area contributed by atoms with Crippen molar-refractivity contribution in [2.24, 2.45) is 0 Å². The molecule has 0 atom stereocenters. The molecule has 112 valence electrons. The molecule has 4 heteroatoms. The molecule has 2 rings (SSSR count). The minimum absolute atomic E-state index is 0.484. The minimum Gasteiger partial charge on any atom is -0.370 e. The van der Waals surface area contributed by atoms with Crippen LogP contribution in [0.3, 0.4) is 0 Å². The second-order valence-corrected chi connectivity index (χ2v) is 6.13. The Hall–Kier alpha value is -1.23. The molecule has 2 aromatic rings. The molecule has 1 aromatic heterocycles. The first-order valence-corrected chi connectivity index (χ1v) is 7.93. The van der Waals surface area contributed by atoms with Gasteiger partial charge in [0.1, 0.15) is 0 Å². The predicted octanol–water partition coefficient (Wildman–Crippen LogP) is 4.06. The lowest BCUT2D eigenvalue weighted by molar-refractivity contribution is 0.104. The molecule has 0 saturated heterocycles.